The van der Waals surface area contributed by atoms with Crippen molar-refractivity contribution in [2.45, 2.75) is 38.2 Å². The van der Waals surface area contributed by atoms with Gasteiger partial charge in [0, 0.05) is 6.26 Å². The summed E-state index contributed by atoms with van der Waals surface area (Å²) in [5.41, 5.74) is 0. The van der Waals surface area contributed by atoms with E-state index in [-0.39, 0.29) is 5.75 Å². The van der Waals surface area contributed by atoms with Crippen molar-refractivity contribution in [1.29, 1.82) is 0 Å². The largest absolute Gasteiger partial charge is 0.393 e. The van der Waals surface area contributed by atoms with Crippen molar-refractivity contribution in [2.24, 2.45) is 17.8 Å². The molecule has 0 aromatic rings. The quantitative estimate of drug-likeness (QED) is 0.793. The third-order valence-electron chi connectivity index (χ3n) is 4.07. The van der Waals surface area contributed by atoms with Crippen LogP contribution in [0, 0.1) is 17.8 Å². The van der Waals surface area contributed by atoms with Gasteiger partial charge in [-0.15, -0.1) is 0 Å². The molecule has 0 radical (unpaired) electrons. The van der Waals surface area contributed by atoms with E-state index in [0.717, 1.165) is 12.3 Å². The van der Waals surface area contributed by atoms with E-state index in [4.69, 9.17) is 0 Å². The molecule has 0 aromatic carbocycles. The van der Waals surface area contributed by atoms with Gasteiger partial charge in [-0.1, -0.05) is 6.42 Å². The topological polar surface area (TPSA) is 54.4 Å². The summed E-state index contributed by atoms with van der Waals surface area (Å²) in [7, 11) is -2.92. The summed E-state index contributed by atoms with van der Waals surface area (Å²) < 4.78 is 22.0. The minimum absolute atomic E-state index is 0.127. The highest BCUT2D eigenvalue weighted by atomic mass is 32.2. The number of sulfone groups is 1. The van der Waals surface area contributed by atoms with E-state index in [1.165, 1.54) is 25.5 Å². The number of rotatable bonds is 4. The number of aliphatic hydroxyl groups is 1. The van der Waals surface area contributed by atoms with Crippen LogP contribution in [0.3, 0.4) is 0 Å². The van der Waals surface area contributed by atoms with Crippen LogP contribution < -0.4 is 0 Å². The standard InChI is InChI=1S/C11H20O3S/c1-15(13,14)5-4-11(12)10-7-8-2-3-9(10)6-8/h8-12H,2-7H2,1H3. The van der Waals surface area contributed by atoms with Crippen LogP contribution >= 0.6 is 0 Å². The lowest BCUT2D eigenvalue weighted by molar-refractivity contribution is 0.0723. The second kappa shape index (κ2) is 4.06. The number of hydrogen-bond donors (Lipinski definition) is 1. The second-order valence-electron chi connectivity index (χ2n) is 5.32. The van der Waals surface area contributed by atoms with Gasteiger partial charge >= 0.3 is 0 Å². The molecule has 1 N–H and O–H groups in total. The Labute approximate surface area is 91.8 Å². The summed E-state index contributed by atoms with van der Waals surface area (Å²) in [6, 6.07) is 0. The molecule has 4 unspecified atom stereocenters. The first-order valence-corrected chi connectivity index (χ1v) is 7.87. The van der Waals surface area contributed by atoms with E-state index in [1.807, 2.05) is 0 Å². The van der Waals surface area contributed by atoms with Gasteiger partial charge in [0.05, 0.1) is 11.9 Å². The highest BCUT2D eigenvalue weighted by molar-refractivity contribution is 7.90. The van der Waals surface area contributed by atoms with Gasteiger partial charge in [0.2, 0.25) is 0 Å². The molecule has 0 aliphatic heterocycles. The van der Waals surface area contributed by atoms with E-state index in [0.29, 0.717) is 18.3 Å². The fraction of sp³-hybridized carbons (Fsp3) is 1.00. The Kier molecular flexibility index (Phi) is 3.08. The van der Waals surface area contributed by atoms with Gasteiger partial charge in [-0.3, -0.25) is 0 Å². The first kappa shape index (κ1) is 11.4. The fourth-order valence-corrected chi connectivity index (χ4v) is 3.98. The maximum absolute atomic E-state index is 11.0. The van der Waals surface area contributed by atoms with Gasteiger partial charge < -0.3 is 5.11 Å². The lowest BCUT2D eigenvalue weighted by atomic mass is 9.84. The molecular weight excluding hydrogens is 212 g/mol. The van der Waals surface area contributed by atoms with Crippen molar-refractivity contribution in [2.75, 3.05) is 12.0 Å². The Hall–Kier alpha value is -0.0900. The lowest BCUT2D eigenvalue weighted by Crippen LogP contribution is -2.27. The van der Waals surface area contributed by atoms with Gasteiger partial charge in [0.15, 0.2) is 0 Å². The average molecular weight is 232 g/mol. The molecule has 0 aromatic heterocycles. The zero-order valence-corrected chi connectivity index (χ0v) is 10.0. The molecule has 2 aliphatic carbocycles. The van der Waals surface area contributed by atoms with Crippen molar-refractivity contribution < 1.29 is 13.5 Å². The van der Waals surface area contributed by atoms with Gasteiger partial charge in [0.1, 0.15) is 9.84 Å². The molecule has 88 valence electrons. The van der Waals surface area contributed by atoms with E-state index >= 15 is 0 Å². The summed E-state index contributed by atoms with van der Waals surface area (Å²) in [4.78, 5) is 0. The minimum Gasteiger partial charge on any atom is -0.393 e. The van der Waals surface area contributed by atoms with Gasteiger partial charge in [-0.2, -0.15) is 0 Å². The summed E-state index contributed by atoms with van der Waals surface area (Å²) in [5, 5.41) is 9.97. The Balaban J connectivity index is 1.84. The van der Waals surface area contributed by atoms with Crippen LogP contribution in [0.2, 0.25) is 0 Å². The van der Waals surface area contributed by atoms with Crippen molar-refractivity contribution in [3.8, 4) is 0 Å². The number of aliphatic hydroxyl groups excluding tert-OH is 1. The molecule has 2 fully saturated rings. The van der Waals surface area contributed by atoms with Crippen LogP contribution in [-0.2, 0) is 9.84 Å². The molecule has 0 amide bonds. The molecule has 2 aliphatic rings. The smallest absolute Gasteiger partial charge is 0.147 e. The minimum atomic E-state index is -2.92. The molecule has 0 heterocycles. The summed E-state index contributed by atoms with van der Waals surface area (Å²) in [6.07, 6.45) is 6.21. The Morgan fingerprint density at radius 1 is 1.33 bits per heavy atom. The van der Waals surface area contributed by atoms with E-state index in [9.17, 15) is 13.5 Å². The first-order chi connectivity index (χ1) is 6.96. The highest BCUT2D eigenvalue weighted by Crippen LogP contribution is 2.49. The predicted octanol–water partition coefficient (Wildman–Crippen LogP) is 1.22. The molecule has 2 rings (SSSR count). The molecule has 2 bridgehead atoms. The Morgan fingerprint density at radius 2 is 2.07 bits per heavy atom. The first-order valence-electron chi connectivity index (χ1n) is 5.81. The van der Waals surface area contributed by atoms with Crippen LogP contribution in [0.5, 0.6) is 0 Å². The summed E-state index contributed by atoms with van der Waals surface area (Å²) in [5.74, 6) is 1.99. The van der Waals surface area contributed by atoms with E-state index in [1.54, 1.807) is 0 Å². The predicted molar refractivity (Wildman–Crippen MR) is 59.3 cm³/mol. The second-order valence-corrected chi connectivity index (χ2v) is 7.58. The third kappa shape index (κ3) is 2.72. The zero-order valence-electron chi connectivity index (χ0n) is 9.22. The van der Waals surface area contributed by atoms with Crippen LogP contribution in [0.15, 0.2) is 0 Å². The monoisotopic (exact) mass is 232 g/mol. The molecular formula is C11H20O3S. The van der Waals surface area contributed by atoms with Crippen molar-refractivity contribution >= 4 is 9.84 Å². The normalized spacial score (nSPS) is 37.1. The van der Waals surface area contributed by atoms with Gasteiger partial charge in [0.25, 0.3) is 0 Å². The van der Waals surface area contributed by atoms with Gasteiger partial charge in [-0.25, -0.2) is 8.42 Å². The average Bonchev–Trinajstić information content (AvgIpc) is 2.73. The molecule has 0 spiro atoms. The van der Waals surface area contributed by atoms with E-state index < -0.39 is 15.9 Å². The molecule has 0 saturated heterocycles. The molecule has 4 atom stereocenters. The van der Waals surface area contributed by atoms with Crippen LogP contribution in [0.1, 0.15) is 32.1 Å². The third-order valence-corrected chi connectivity index (χ3v) is 5.05. The summed E-state index contributed by atoms with van der Waals surface area (Å²) >= 11 is 0. The molecule has 2 saturated carbocycles. The Morgan fingerprint density at radius 3 is 2.53 bits per heavy atom. The molecule has 4 heteroatoms. The summed E-state index contributed by atoms with van der Waals surface area (Å²) in [6.45, 7) is 0. The number of hydrogen-bond acceptors (Lipinski definition) is 3. The SMILES string of the molecule is CS(=O)(=O)CCC(O)C1CC2CCC1C2. The fourth-order valence-electron chi connectivity index (χ4n) is 3.31. The van der Waals surface area contributed by atoms with Crippen molar-refractivity contribution in [3.63, 3.8) is 0 Å². The van der Waals surface area contributed by atoms with Gasteiger partial charge in [-0.05, 0) is 43.4 Å². The molecule has 3 nitrogen and oxygen atoms in total. The molecule has 15 heavy (non-hydrogen) atoms. The highest BCUT2D eigenvalue weighted by Gasteiger charge is 2.42. The van der Waals surface area contributed by atoms with Crippen LogP contribution in [0.25, 0.3) is 0 Å². The lowest BCUT2D eigenvalue weighted by Gasteiger charge is -2.26. The van der Waals surface area contributed by atoms with E-state index in [2.05, 4.69) is 0 Å². The maximum atomic E-state index is 11.0. The van der Waals surface area contributed by atoms with Crippen LogP contribution in [0.4, 0.5) is 0 Å². The van der Waals surface area contributed by atoms with Crippen molar-refractivity contribution in [1.82, 2.24) is 0 Å². The van der Waals surface area contributed by atoms with Crippen LogP contribution in [-0.4, -0.2) is 31.6 Å². The zero-order chi connectivity index (χ0) is 11.1. The van der Waals surface area contributed by atoms with Crippen molar-refractivity contribution in [3.05, 3.63) is 0 Å². The maximum Gasteiger partial charge on any atom is 0.147 e. The number of fused-ring (bicyclic) bond motifs is 2. The Bertz CT molecular complexity index is 323.